The van der Waals surface area contributed by atoms with Gasteiger partial charge in [0, 0.05) is 6.42 Å². The molecule has 29 heavy (non-hydrogen) atoms. The molecule has 3 nitrogen and oxygen atoms in total. The van der Waals surface area contributed by atoms with E-state index in [0.717, 1.165) is 53.5 Å². The van der Waals surface area contributed by atoms with Crippen molar-refractivity contribution < 1.29 is 13.2 Å². The number of hydrogen-bond acceptors (Lipinski definition) is 2. The quantitative estimate of drug-likeness (QED) is 0.530. The number of alkyl halides is 3. The summed E-state index contributed by atoms with van der Waals surface area (Å²) < 4.78 is 40.3. The fourth-order valence-electron chi connectivity index (χ4n) is 4.79. The molecule has 1 aliphatic heterocycles. The lowest BCUT2D eigenvalue weighted by molar-refractivity contribution is -0.137. The smallest absolute Gasteiger partial charge is 0.337 e. The second-order valence-electron chi connectivity index (χ2n) is 8.34. The molecule has 0 radical (unpaired) electrons. The molecule has 1 fully saturated rings. The molecule has 1 aromatic heterocycles. The summed E-state index contributed by atoms with van der Waals surface area (Å²) in [4.78, 5) is 12.9. The van der Waals surface area contributed by atoms with Crippen LogP contribution in [0.5, 0.6) is 0 Å². The zero-order chi connectivity index (χ0) is 20.2. The summed E-state index contributed by atoms with van der Waals surface area (Å²) in [5.41, 5.74) is 3.59. The van der Waals surface area contributed by atoms with Crippen molar-refractivity contribution in [3.05, 3.63) is 53.3 Å². The number of imidazole rings is 1. The van der Waals surface area contributed by atoms with Crippen LogP contribution >= 0.6 is 0 Å². The summed E-state index contributed by atoms with van der Waals surface area (Å²) in [6.07, 6.45) is 2.60. The number of fused-ring (bicyclic) bond motifs is 1. The first kappa shape index (κ1) is 18.4. The second kappa shape index (κ2) is 6.44. The summed E-state index contributed by atoms with van der Waals surface area (Å²) in [5, 5.41) is 0. The van der Waals surface area contributed by atoms with Gasteiger partial charge in [-0.25, -0.2) is 4.98 Å². The van der Waals surface area contributed by atoms with E-state index >= 15 is 0 Å². The molecule has 2 aliphatic rings. The van der Waals surface area contributed by atoms with E-state index in [1.807, 2.05) is 6.92 Å². The molecule has 2 heterocycles. The topological polar surface area (TPSA) is 41.0 Å². The Morgan fingerprint density at radius 1 is 1.03 bits per heavy atom. The van der Waals surface area contributed by atoms with Crippen LogP contribution in [0.1, 0.15) is 55.5 Å². The molecule has 0 saturated heterocycles. The Labute approximate surface area is 167 Å². The first-order valence-corrected chi connectivity index (χ1v) is 10.1. The number of nitrogens with zero attached hydrogens (tertiary/aromatic N) is 2. The molecular formula is C23H22F3N3. The molecule has 1 spiro atoms. The van der Waals surface area contributed by atoms with Crippen molar-refractivity contribution in [1.82, 2.24) is 9.97 Å². The molecule has 1 N–H and O–H groups in total. The van der Waals surface area contributed by atoms with Crippen LogP contribution in [0.4, 0.5) is 13.2 Å². The number of H-pyrrole nitrogens is 1. The van der Waals surface area contributed by atoms with Crippen LogP contribution < -0.4 is 0 Å². The summed E-state index contributed by atoms with van der Waals surface area (Å²) in [7, 11) is 0. The van der Waals surface area contributed by atoms with Crippen LogP contribution in [0.3, 0.4) is 0 Å². The van der Waals surface area contributed by atoms with Crippen molar-refractivity contribution >= 4 is 16.7 Å². The molecule has 0 bridgehead atoms. The molecule has 0 amide bonds. The van der Waals surface area contributed by atoms with E-state index in [-0.39, 0.29) is 11.1 Å². The zero-order valence-corrected chi connectivity index (χ0v) is 16.2. The van der Waals surface area contributed by atoms with Crippen LogP contribution in [0.25, 0.3) is 22.2 Å². The number of benzene rings is 2. The Morgan fingerprint density at radius 3 is 2.48 bits per heavy atom. The number of aromatic amines is 1. The SMILES string of the molecule is Cc1cc(-c2ccccc2C(F)(F)F)cc2[nH]c(C3=NC4(CCCCC4)C3)nc12. The highest BCUT2D eigenvalue weighted by atomic mass is 19.4. The Kier molecular flexibility index (Phi) is 4.09. The van der Waals surface area contributed by atoms with E-state index in [1.54, 1.807) is 18.2 Å². The van der Waals surface area contributed by atoms with Crippen LogP contribution in [0, 0.1) is 6.92 Å². The maximum absolute atomic E-state index is 13.4. The third-order valence-electron chi connectivity index (χ3n) is 6.25. The number of aromatic nitrogens is 2. The maximum atomic E-state index is 13.4. The lowest BCUT2D eigenvalue weighted by atomic mass is 9.74. The van der Waals surface area contributed by atoms with Gasteiger partial charge >= 0.3 is 6.18 Å². The van der Waals surface area contributed by atoms with E-state index in [9.17, 15) is 13.2 Å². The minimum absolute atomic E-state index is 0.110. The van der Waals surface area contributed by atoms with Crippen molar-refractivity contribution in [3.63, 3.8) is 0 Å². The molecule has 0 atom stereocenters. The van der Waals surface area contributed by atoms with Gasteiger partial charge in [-0.15, -0.1) is 0 Å². The van der Waals surface area contributed by atoms with Crippen molar-refractivity contribution in [3.8, 4) is 11.1 Å². The lowest BCUT2D eigenvalue weighted by Gasteiger charge is -2.41. The molecule has 5 rings (SSSR count). The van der Waals surface area contributed by atoms with Crippen molar-refractivity contribution in [1.29, 1.82) is 0 Å². The normalized spacial score (nSPS) is 18.7. The average molecular weight is 397 g/mol. The van der Waals surface area contributed by atoms with Crippen LogP contribution in [-0.4, -0.2) is 21.2 Å². The van der Waals surface area contributed by atoms with Gasteiger partial charge in [0.1, 0.15) is 0 Å². The maximum Gasteiger partial charge on any atom is 0.417 e. The van der Waals surface area contributed by atoms with Gasteiger partial charge in [0.25, 0.3) is 0 Å². The van der Waals surface area contributed by atoms with Gasteiger partial charge in [-0.3, -0.25) is 4.99 Å². The van der Waals surface area contributed by atoms with Gasteiger partial charge in [-0.2, -0.15) is 13.2 Å². The van der Waals surface area contributed by atoms with E-state index in [1.165, 1.54) is 31.4 Å². The first-order valence-electron chi connectivity index (χ1n) is 10.1. The first-order chi connectivity index (χ1) is 13.8. The summed E-state index contributed by atoms with van der Waals surface area (Å²) in [6.45, 7) is 1.89. The predicted molar refractivity (Wildman–Crippen MR) is 108 cm³/mol. The number of hydrogen-bond donors (Lipinski definition) is 1. The fourth-order valence-corrected chi connectivity index (χ4v) is 4.79. The second-order valence-corrected chi connectivity index (χ2v) is 8.34. The third kappa shape index (κ3) is 3.15. The summed E-state index contributed by atoms with van der Waals surface area (Å²) >= 11 is 0. The zero-order valence-electron chi connectivity index (χ0n) is 16.2. The van der Waals surface area contributed by atoms with Gasteiger partial charge in [0.2, 0.25) is 0 Å². The predicted octanol–water partition coefficient (Wildman–Crippen LogP) is 6.45. The molecule has 3 aromatic rings. The molecular weight excluding hydrogens is 375 g/mol. The highest BCUT2D eigenvalue weighted by Crippen LogP contribution is 2.42. The summed E-state index contributed by atoms with van der Waals surface area (Å²) in [6, 6.07) is 9.24. The number of aryl methyl sites for hydroxylation is 1. The average Bonchev–Trinajstić information content (AvgIpc) is 3.10. The van der Waals surface area contributed by atoms with Crippen molar-refractivity contribution in [2.75, 3.05) is 0 Å². The molecule has 6 heteroatoms. The van der Waals surface area contributed by atoms with E-state index in [4.69, 9.17) is 9.98 Å². The summed E-state index contributed by atoms with van der Waals surface area (Å²) in [5.74, 6) is 0.751. The van der Waals surface area contributed by atoms with Crippen LogP contribution in [0.2, 0.25) is 0 Å². The van der Waals surface area contributed by atoms with Gasteiger partial charge in [-0.1, -0.05) is 37.5 Å². The van der Waals surface area contributed by atoms with Crippen LogP contribution in [-0.2, 0) is 6.18 Å². The molecule has 1 aliphatic carbocycles. The van der Waals surface area contributed by atoms with Crippen molar-refractivity contribution in [2.45, 2.75) is 57.2 Å². The molecule has 1 saturated carbocycles. The molecule has 2 aromatic carbocycles. The Balaban J connectivity index is 1.55. The number of rotatable bonds is 2. The minimum atomic E-state index is -4.40. The van der Waals surface area contributed by atoms with Gasteiger partial charge in [0.15, 0.2) is 5.82 Å². The highest BCUT2D eigenvalue weighted by Gasteiger charge is 2.41. The minimum Gasteiger partial charge on any atom is -0.337 e. The standard InChI is InChI=1S/C23H22F3N3/c1-14-11-15(16-7-3-4-8-17(16)23(24,25)26)12-18-20(14)28-21(27-18)19-13-22(29-19)9-5-2-6-10-22/h3-4,7-8,11-12H,2,5-6,9-10,13H2,1H3,(H,27,28). The number of halogens is 3. The van der Waals surface area contributed by atoms with Crippen molar-refractivity contribution in [2.24, 2.45) is 4.99 Å². The molecule has 0 unspecified atom stereocenters. The van der Waals surface area contributed by atoms with E-state index < -0.39 is 11.7 Å². The Morgan fingerprint density at radius 2 is 1.76 bits per heavy atom. The van der Waals surface area contributed by atoms with E-state index in [0.29, 0.717) is 5.56 Å². The third-order valence-corrected chi connectivity index (χ3v) is 6.25. The largest absolute Gasteiger partial charge is 0.417 e. The van der Waals surface area contributed by atoms with E-state index in [2.05, 4.69) is 4.98 Å². The Bertz CT molecular complexity index is 1120. The Hall–Kier alpha value is -2.63. The lowest BCUT2D eigenvalue weighted by Crippen LogP contribution is -2.41. The number of nitrogens with one attached hydrogen (secondary N) is 1. The van der Waals surface area contributed by atoms with Gasteiger partial charge < -0.3 is 4.98 Å². The highest BCUT2D eigenvalue weighted by molar-refractivity contribution is 6.04. The number of aliphatic imine (C=N–C) groups is 1. The molecule has 150 valence electrons. The van der Waals surface area contributed by atoms with Crippen LogP contribution in [0.15, 0.2) is 41.4 Å². The fraction of sp³-hybridized carbons (Fsp3) is 0.391. The monoisotopic (exact) mass is 397 g/mol. The van der Waals surface area contributed by atoms with Gasteiger partial charge in [0.05, 0.1) is 27.8 Å². The van der Waals surface area contributed by atoms with Gasteiger partial charge in [-0.05, 0) is 54.7 Å².